The number of nitrogens with zero attached hydrogens (tertiary/aromatic N) is 2. The summed E-state index contributed by atoms with van der Waals surface area (Å²) in [7, 11) is 0. The molecular formula is C22H22N2O3. The van der Waals surface area contributed by atoms with E-state index in [0.717, 1.165) is 30.4 Å². The zero-order valence-electron chi connectivity index (χ0n) is 15.3. The highest BCUT2D eigenvalue weighted by Gasteiger charge is 2.04. The average molecular weight is 362 g/mol. The molecule has 0 saturated carbocycles. The number of aromatic carboxylic acids is 1. The third kappa shape index (κ3) is 5.14. The van der Waals surface area contributed by atoms with Crippen molar-refractivity contribution in [3.63, 3.8) is 0 Å². The quantitative estimate of drug-likeness (QED) is 0.642. The van der Waals surface area contributed by atoms with E-state index in [2.05, 4.69) is 29.0 Å². The molecule has 3 aromatic rings. The van der Waals surface area contributed by atoms with Crippen molar-refractivity contribution in [2.24, 2.45) is 0 Å². The number of ether oxygens (including phenoxy) is 1. The first-order valence-corrected chi connectivity index (χ1v) is 9.02. The molecule has 5 nitrogen and oxygen atoms in total. The summed E-state index contributed by atoms with van der Waals surface area (Å²) >= 11 is 0. The molecule has 0 saturated heterocycles. The maximum Gasteiger partial charge on any atom is 0.335 e. The lowest BCUT2D eigenvalue weighted by molar-refractivity contribution is 0.0697. The summed E-state index contributed by atoms with van der Waals surface area (Å²) in [5, 5.41) is 8.94. The van der Waals surface area contributed by atoms with Crippen molar-refractivity contribution < 1.29 is 14.6 Å². The molecule has 0 radical (unpaired) electrons. The molecule has 1 aromatic heterocycles. The van der Waals surface area contributed by atoms with E-state index in [1.807, 2.05) is 24.3 Å². The van der Waals surface area contributed by atoms with Crippen molar-refractivity contribution in [1.82, 2.24) is 9.97 Å². The second kappa shape index (κ2) is 8.94. The summed E-state index contributed by atoms with van der Waals surface area (Å²) in [6.07, 6.45) is 6.10. The number of carbonyl (C=O) groups is 1. The van der Waals surface area contributed by atoms with Gasteiger partial charge in [-0.3, -0.25) is 0 Å². The van der Waals surface area contributed by atoms with E-state index in [1.54, 1.807) is 24.5 Å². The standard InChI is InChI=1S/C22H22N2O3/c1-2-13-27-20-14-23-21(24-15-20)18-9-5-16(6-10-18)3-4-17-7-11-19(12-8-17)22(25)26/h5-12,14-15H,2-4,13H2,1H3,(H,25,26). The highest BCUT2D eigenvalue weighted by Crippen LogP contribution is 2.18. The predicted molar refractivity (Wildman–Crippen MR) is 104 cm³/mol. The smallest absolute Gasteiger partial charge is 0.335 e. The van der Waals surface area contributed by atoms with Crippen LogP contribution in [0.1, 0.15) is 34.8 Å². The Morgan fingerprint density at radius 2 is 1.48 bits per heavy atom. The fourth-order valence-electron chi connectivity index (χ4n) is 2.68. The maximum atomic E-state index is 10.9. The Bertz CT molecular complexity index is 873. The summed E-state index contributed by atoms with van der Waals surface area (Å²) < 4.78 is 5.50. The third-order valence-corrected chi connectivity index (χ3v) is 4.22. The minimum atomic E-state index is -0.899. The number of hydrogen-bond acceptors (Lipinski definition) is 4. The van der Waals surface area contributed by atoms with Gasteiger partial charge in [0.25, 0.3) is 0 Å². The van der Waals surface area contributed by atoms with Crippen LogP contribution in [0.3, 0.4) is 0 Å². The van der Waals surface area contributed by atoms with Crippen LogP contribution in [0.25, 0.3) is 11.4 Å². The maximum absolute atomic E-state index is 10.9. The number of benzene rings is 2. The van der Waals surface area contributed by atoms with Gasteiger partial charge in [-0.05, 0) is 42.5 Å². The van der Waals surface area contributed by atoms with Gasteiger partial charge in [0, 0.05) is 5.56 Å². The van der Waals surface area contributed by atoms with Crippen molar-refractivity contribution in [3.05, 3.63) is 77.6 Å². The summed E-state index contributed by atoms with van der Waals surface area (Å²) in [5.41, 5.74) is 3.61. The van der Waals surface area contributed by atoms with Crippen molar-refractivity contribution in [3.8, 4) is 17.1 Å². The first-order chi connectivity index (χ1) is 13.2. The molecule has 0 unspecified atom stereocenters. The SMILES string of the molecule is CCCOc1cnc(-c2ccc(CCc3ccc(C(=O)O)cc3)cc2)nc1. The molecule has 1 N–H and O–H groups in total. The topological polar surface area (TPSA) is 72.3 Å². The zero-order chi connectivity index (χ0) is 19.1. The van der Waals surface area contributed by atoms with E-state index in [1.165, 1.54) is 5.56 Å². The summed E-state index contributed by atoms with van der Waals surface area (Å²) in [5.74, 6) is 0.463. The van der Waals surface area contributed by atoms with Crippen molar-refractivity contribution in [2.75, 3.05) is 6.61 Å². The molecule has 0 spiro atoms. The molecule has 0 fully saturated rings. The fourth-order valence-corrected chi connectivity index (χ4v) is 2.68. The summed E-state index contributed by atoms with van der Waals surface area (Å²) in [6, 6.07) is 15.2. The largest absolute Gasteiger partial charge is 0.490 e. The summed E-state index contributed by atoms with van der Waals surface area (Å²) in [6.45, 7) is 2.72. The van der Waals surface area contributed by atoms with Gasteiger partial charge in [0.2, 0.25) is 0 Å². The molecule has 5 heteroatoms. The van der Waals surface area contributed by atoms with Crippen LogP contribution < -0.4 is 4.74 Å². The zero-order valence-corrected chi connectivity index (χ0v) is 15.3. The molecule has 138 valence electrons. The predicted octanol–water partition coefficient (Wildman–Crippen LogP) is 4.42. The minimum absolute atomic E-state index is 0.314. The van der Waals surface area contributed by atoms with Crippen LogP contribution in [0.2, 0.25) is 0 Å². The van der Waals surface area contributed by atoms with Crippen LogP contribution in [-0.2, 0) is 12.8 Å². The van der Waals surface area contributed by atoms with Gasteiger partial charge in [-0.1, -0.05) is 43.3 Å². The van der Waals surface area contributed by atoms with Crippen molar-refractivity contribution in [1.29, 1.82) is 0 Å². The number of hydrogen-bond donors (Lipinski definition) is 1. The van der Waals surface area contributed by atoms with Crippen LogP contribution in [0, 0.1) is 0 Å². The first-order valence-electron chi connectivity index (χ1n) is 9.02. The average Bonchev–Trinajstić information content (AvgIpc) is 2.72. The molecule has 0 aliphatic carbocycles. The van der Waals surface area contributed by atoms with Crippen molar-refractivity contribution in [2.45, 2.75) is 26.2 Å². The van der Waals surface area contributed by atoms with Crippen molar-refractivity contribution >= 4 is 5.97 Å². The highest BCUT2D eigenvalue weighted by molar-refractivity contribution is 5.87. The number of rotatable bonds is 8. The summed E-state index contributed by atoms with van der Waals surface area (Å²) in [4.78, 5) is 19.6. The van der Waals surface area contributed by atoms with Gasteiger partial charge in [-0.2, -0.15) is 0 Å². The molecule has 0 bridgehead atoms. The second-order valence-corrected chi connectivity index (χ2v) is 6.29. The Kier molecular flexibility index (Phi) is 6.15. The molecule has 0 aliphatic rings. The highest BCUT2D eigenvalue weighted by atomic mass is 16.5. The van der Waals surface area contributed by atoms with Crippen LogP contribution >= 0.6 is 0 Å². The molecule has 0 amide bonds. The number of carboxylic acids is 1. The van der Waals surface area contributed by atoms with E-state index >= 15 is 0 Å². The van der Waals surface area contributed by atoms with Crippen LogP contribution in [0.5, 0.6) is 5.75 Å². The first kappa shape index (κ1) is 18.6. The Hall–Kier alpha value is -3.21. The van der Waals surface area contributed by atoms with E-state index in [9.17, 15) is 4.79 Å². The van der Waals surface area contributed by atoms with E-state index < -0.39 is 5.97 Å². The van der Waals surface area contributed by atoms with Crippen LogP contribution in [-0.4, -0.2) is 27.7 Å². The van der Waals surface area contributed by atoms with Gasteiger partial charge in [0.05, 0.1) is 24.6 Å². The van der Waals surface area contributed by atoms with Gasteiger partial charge >= 0.3 is 5.97 Å². The van der Waals surface area contributed by atoms with Gasteiger partial charge in [0.15, 0.2) is 11.6 Å². The molecule has 27 heavy (non-hydrogen) atoms. The van der Waals surface area contributed by atoms with Gasteiger partial charge < -0.3 is 9.84 Å². The third-order valence-electron chi connectivity index (χ3n) is 4.22. The Morgan fingerprint density at radius 3 is 2.00 bits per heavy atom. The van der Waals surface area contributed by atoms with E-state index in [-0.39, 0.29) is 0 Å². The molecule has 0 atom stereocenters. The molecule has 2 aromatic carbocycles. The normalized spacial score (nSPS) is 10.6. The van der Waals surface area contributed by atoms with Crippen LogP contribution in [0.15, 0.2) is 60.9 Å². The second-order valence-electron chi connectivity index (χ2n) is 6.29. The Balaban J connectivity index is 1.59. The van der Waals surface area contributed by atoms with E-state index in [0.29, 0.717) is 23.7 Å². The van der Waals surface area contributed by atoms with E-state index in [4.69, 9.17) is 9.84 Å². The molecule has 1 heterocycles. The lowest BCUT2D eigenvalue weighted by Crippen LogP contribution is -1.98. The molecular weight excluding hydrogens is 340 g/mol. The number of aryl methyl sites for hydroxylation is 2. The van der Waals surface area contributed by atoms with Crippen LogP contribution in [0.4, 0.5) is 0 Å². The number of carboxylic acid groups (broad SMARTS) is 1. The van der Waals surface area contributed by atoms with Gasteiger partial charge in [-0.25, -0.2) is 14.8 Å². The van der Waals surface area contributed by atoms with Gasteiger partial charge in [-0.15, -0.1) is 0 Å². The lowest BCUT2D eigenvalue weighted by atomic mass is 10.0. The monoisotopic (exact) mass is 362 g/mol. The van der Waals surface area contributed by atoms with Gasteiger partial charge in [0.1, 0.15) is 0 Å². The molecule has 0 aliphatic heterocycles. The number of aromatic nitrogens is 2. The fraction of sp³-hybridized carbons (Fsp3) is 0.227. The lowest BCUT2D eigenvalue weighted by Gasteiger charge is -2.06. The Labute approximate surface area is 158 Å². The molecule has 3 rings (SSSR count). The minimum Gasteiger partial charge on any atom is -0.490 e. The Morgan fingerprint density at radius 1 is 0.926 bits per heavy atom.